The summed E-state index contributed by atoms with van der Waals surface area (Å²) in [5.74, 6) is 1.63. The van der Waals surface area contributed by atoms with Gasteiger partial charge in [0.15, 0.2) is 0 Å². The van der Waals surface area contributed by atoms with Crippen molar-refractivity contribution in [2.24, 2.45) is 0 Å². The summed E-state index contributed by atoms with van der Waals surface area (Å²) in [4.78, 5) is 14.1. The normalized spacial score (nSPS) is 13.8. The van der Waals surface area contributed by atoms with E-state index >= 15 is 0 Å². The molecular formula is C28H31NO2S. The van der Waals surface area contributed by atoms with Gasteiger partial charge in [0, 0.05) is 16.2 Å². The van der Waals surface area contributed by atoms with Crippen LogP contribution in [-0.4, -0.2) is 18.3 Å². The summed E-state index contributed by atoms with van der Waals surface area (Å²) in [5.41, 5.74) is 4.79. The van der Waals surface area contributed by atoms with Crippen LogP contribution in [0.3, 0.4) is 0 Å². The summed E-state index contributed by atoms with van der Waals surface area (Å²) in [6.45, 7) is 2.75. The number of carbonyl (C=O) groups excluding carboxylic acids is 1. The lowest BCUT2D eigenvalue weighted by Crippen LogP contribution is -2.28. The number of rotatable bonds is 9. The van der Waals surface area contributed by atoms with Crippen LogP contribution in [-0.2, 0) is 12.8 Å². The van der Waals surface area contributed by atoms with E-state index in [-0.39, 0.29) is 11.9 Å². The Bertz CT molecular complexity index is 1020. The van der Waals surface area contributed by atoms with Crippen LogP contribution in [0, 0.1) is 0 Å². The first-order valence-corrected chi connectivity index (χ1v) is 12.5. The fraction of sp³-hybridized carbons (Fsp3) is 0.321. The fourth-order valence-corrected chi connectivity index (χ4v) is 4.92. The first-order valence-electron chi connectivity index (χ1n) is 11.6. The Morgan fingerprint density at radius 1 is 0.969 bits per heavy atom. The third-order valence-electron chi connectivity index (χ3n) is 5.97. The maximum atomic E-state index is 12.8. The molecule has 1 aliphatic carbocycles. The summed E-state index contributed by atoms with van der Waals surface area (Å²) >= 11 is 1.77. The highest BCUT2D eigenvalue weighted by Gasteiger charge is 2.17. The van der Waals surface area contributed by atoms with Crippen LogP contribution in [0.15, 0.2) is 77.7 Å². The zero-order valence-electron chi connectivity index (χ0n) is 18.7. The molecule has 0 heterocycles. The van der Waals surface area contributed by atoms with Crippen molar-refractivity contribution in [3.8, 4) is 5.75 Å². The van der Waals surface area contributed by atoms with Gasteiger partial charge in [-0.15, -0.1) is 11.8 Å². The molecule has 0 unspecified atom stereocenters. The van der Waals surface area contributed by atoms with E-state index in [0.717, 1.165) is 24.3 Å². The van der Waals surface area contributed by atoms with Crippen molar-refractivity contribution in [2.45, 2.75) is 50.0 Å². The Kier molecular flexibility index (Phi) is 7.89. The molecule has 3 aromatic carbocycles. The first-order chi connectivity index (χ1) is 15.7. The van der Waals surface area contributed by atoms with Gasteiger partial charge in [-0.25, -0.2) is 0 Å². The van der Waals surface area contributed by atoms with Gasteiger partial charge in [-0.05, 0) is 85.2 Å². The zero-order valence-corrected chi connectivity index (χ0v) is 19.5. The number of amides is 1. The molecule has 3 aromatic rings. The van der Waals surface area contributed by atoms with E-state index in [9.17, 15) is 4.79 Å². The number of carbonyl (C=O) groups is 1. The summed E-state index contributed by atoms with van der Waals surface area (Å²) in [6.07, 6.45) is 5.74. The average molecular weight is 446 g/mol. The van der Waals surface area contributed by atoms with Crippen molar-refractivity contribution in [2.75, 3.05) is 12.4 Å². The topological polar surface area (TPSA) is 38.3 Å². The van der Waals surface area contributed by atoms with Gasteiger partial charge in [-0.3, -0.25) is 4.79 Å². The third-order valence-corrected chi connectivity index (χ3v) is 6.95. The second-order valence-corrected chi connectivity index (χ2v) is 9.37. The van der Waals surface area contributed by atoms with Crippen molar-refractivity contribution in [1.82, 2.24) is 5.32 Å². The van der Waals surface area contributed by atoms with Gasteiger partial charge >= 0.3 is 0 Å². The van der Waals surface area contributed by atoms with Crippen molar-refractivity contribution in [3.05, 3.63) is 95.1 Å². The number of fused-ring (bicyclic) bond motifs is 1. The van der Waals surface area contributed by atoms with E-state index in [2.05, 4.69) is 42.6 Å². The highest BCUT2D eigenvalue weighted by Crippen LogP contribution is 2.26. The maximum absolute atomic E-state index is 12.8. The lowest BCUT2D eigenvalue weighted by atomic mass is 9.88. The number of thioether (sulfide) groups is 1. The molecule has 0 saturated heterocycles. The monoisotopic (exact) mass is 445 g/mol. The molecule has 32 heavy (non-hydrogen) atoms. The quantitative estimate of drug-likeness (QED) is 0.297. The fourth-order valence-electron chi connectivity index (χ4n) is 4.17. The second kappa shape index (κ2) is 11.2. The van der Waals surface area contributed by atoms with E-state index in [1.54, 1.807) is 11.8 Å². The average Bonchev–Trinajstić information content (AvgIpc) is 2.85. The number of ether oxygens (including phenoxy) is 1. The predicted molar refractivity (Wildman–Crippen MR) is 133 cm³/mol. The third kappa shape index (κ3) is 5.95. The van der Waals surface area contributed by atoms with Gasteiger partial charge in [-0.1, -0.05) is 43.3 Å². The van der Waals surface area contributed by atoms with E-state index in [1.165, 1.54) is 40.8 Å². The lowest BCUT2D eigenvalue weighted by molar-refractivity contribution is 0.0935. The molecule has 0 aromatic heterocycles. The Hall–Kier alpha value is -2.72. The summed E-state index contributed by atoms with van der Waals surface area (Å²) in [7, 11) is 0. The Balaban J connectivity index is 1.29. The van der Waals surface area contributed by atoms with Gasteiger partial charge in [0.2, 0.25) is 0 Å². The Morgan fingerprint density at radius 2 is 1.72 bits per heavy atom. The number of hydrogen-bond acceptors (Lipinski definition) is 3. The molecule has 0 bridgehead atoms. The molecular weight excluding hydrogens is 414 g/mol. The first kappa shape index (κ1) is 22.5. The van der Waals surface area contributed by atoms with Gasteiger partial charge in [-0.2, -0.15) is 0 Å². The van der Waals surface area contributed by atoms with Crippen LogP contribution in [0.1, 0.15) is 59.3 Å². The summed E-state index contributed by atoms with van der Waals surface area (Å²) < 4.78 is 5.83. The van der Waals surface area contributed by atoms with Crippen LogP contribution in [0.2, 0.25) is 0 Å². The SMILES string of the molecule is CC[C@H](NC(=O)c1ccc(OCCSc2ccccc2)cc1)c1ccc2c(c1)CCCC2. The molecule has 1 amide bonds. The number of benzene rings is 3. The molecule has 4 heteroatoms. The van der Waals surface area contributed by atoms with Gasteiger partial charge in [0.1, 0.15) is 5.75 Å². The molecule has 1 N–H and O–H groups in total. The minimum absolute atomic E-state index is 0.0284. The van der Waals surface area contributed by atoms with Gasteiger partial charge in [0.05, 0.1) is 12.6 Å². The van der Waals surface area contributed by atoms with Crippen LogP contribution < -0.4 is 10.1 Å². The highest BCUT2D eigenvalue weighted by molar-refractivity contribution is 7.99. The van der Waals surface area contributed by atoms with Crippen LogP contribution >= 0.6 is 11.8 Å². The van der Waals surface area contributed by atoms with Crippen LogP contribution in [0.5, 0.6) is 5.75 Å². The minimum atomic E-state index is -0.0410. The van der Waals surface area contributed by atoms with Crippen molar-refractivity contribution in [3.63, 3.8) is 0 Å². The largest absolute Gasteiger partial charge is 0.493 e. The van der Waals surface area contributed by atoms with Crippen molar-refractivity contribution < 1.29 is 9.53 Å². The molecule has 166 valence electrons. The number of nitrogens with one attached hydrogen (secondary N) is 1. The van der Waals surface area contributed by atoms with Gasteiger partial charge < -0.3 is 10.1 Å². The Labute approximate surface area is 195 Å². The second-order valence-electron chi connectivity index (χ2n) is 8.20. The van der Waals surface area contributed by atoms with E-state index in [4.69, 9.17) is 4.74 Å². The number of hydrogen-bond donors (Lipinski definition) is 1. The van der Waals surface area contributed by atoms with E-state index < -0.39 is 0 Å². The lowest BCUT2D eigenvalue weighted by Gasteiger charge is -2.22. The molecule has 3 nitrogen and oxygen atoms in total. The molecule has 0 aliphatic heterocycles. The zero-order chi connectivity index (χ0) is 22.2. The number of aryl methyl sites for hydroxylation is 2. The molecule has 1 aliphatic rings. The summed E-state index contributed by atoms with van der Waals surface area (Å²) in [6, 6.07) is 24.5. The standard InChI is InChI=1S/C28H31NO2S/c1-2-27(24-13-12-21-8-6-7-9-23(21)20-24)29-28(30)22-14-16-25(17-15-22)31-18-19-32-26-10-4-3-5-11-26/h3-5,10-17,20,27H,2,6-9,18-19H2,1H3,(H,29,30)/t27-/m0/s1. The van der Waals surface area contributed by atoms with E-state index in [0.29, 0.717) is 12.2 Å². The minimum Gasteiger partial charge on any atom is -0.493 e. The van der Waals surface area contributed by atoms with Crippen molar-refractivity contribution >= 4 is 17.7 Å². The van der Waals surface area contributed by atoms with Crippen LogP contribution in [0.4, 0.5) is 0 Å². The van der Waals surface area contributed by atoms with Crippen molar-refractivity contribution in [1.29, 1.82) is 0 Å². The molecule has 4 rings (SSSR count). The maximum Gasteiger partial charge on any atom is 0.251 e. The molecule has 0 radical (unpaired) electrons. The smallest absolute Gasteiger partial charge is 0.251 e. The predicted octanol–water partition coefficient (Wildman–Crippen LogP) is 6.62. The highest BCUT2D eigenvalue weighted by atomic mass is 32.2. The van der Waals surface area contributed by atoms with E-state index in [1.807, 2.05) is 42.5 Å². The molecule has 0 fully saturated rings. The molecule has 1 atom stereocenters. The molecule has 0 saturated carbocycles. The van der Waals surface area contributed by atoms with Crippen LogP contribution in [0.25, 0.3) is 0 Å². The Morgan fingerprint density at radius 3 is 2.47 bits per heavy atom. The summed E-state index contributed by atoms with van der Waals surface area (Å²) in [5, 5.41) is 3.21. The van der Waals surface area contributed by atoms with Gasteiger partial charge in [0.25, 0.3) is 5.91 Å². The molecule has 0 spiro atoms.